The van der Waals surface area contributed by atoms with Crippen molar-refractivity contribution in [2.45, 2.75) is 39.2 Å². The maximum absolute atomic E-state index is 12.4. The van der Waals surface area contributed by atoms with Crippen molar-refractivity contribution < 1.29 is 19.1 Å². The minimum absolute atomic E-state index is 0.0237. The molecule has 0 saturated carbocycles. The van der Waals surface area contributed by atoms with Crippen molar-refractivity contribution in [2.75, 3.05) is 26.3 Å². The molecule has 2 rings (SSSR count). The molecule has 112 valence electrons. The first-order chi connectivity index (χ1) is 9.61. The van der Waals surface area contributed by atoms with E-state index in [1.54, 1.807) is 0 Å². The predicted octanol–water partition coefficient (Wildman–Crippen LogP) is 1.90. The van der Waals surface area contributed by atoms with Crippen molar-refractivity contribution in [3.8, 4) is 0 Å². The summed E-state index contributed by atoms with van der Waals surface area (Å²) in [7, 11) is 0. The number of aryl methyl sites for hydroxylation is 2. The van der Waals surface area contributed by atoms with Gasteiger partial charge >= 0.3 is 0 Å². The Morgan fingerprint density at radius 3 is 2.70 bits per heavy atom. The van der Waals surface area contributed by atoms with Gasteiger partial charge in [0.25, 0.3) is 5.91 Å². The normalized spacial score (nSPS) is 16.6. The molecule has 5 heteroatoms. The van der Waals surface area contributed by atoms with E-state index in [1.807, 2.05) is 24.8 Å². The molecule has 1 saturated heterocycles. The third kappa shape index (κ3) is 3.61. The van der Waals surface area contributed by atoms with E-state index in [1.165, 1.54) is 0 Å². The van der Waals surface area contributed by atoms with E-state index in [-0.39, 0.29) is 18.6 Å². The number of carbonyl (C=O) groups excluding carboxylic acids is 1. The molecule has 1 amide bonds. The Balaban J connectivity index is 1.84. The summed E-state index contributed by atoms with van der Waals surface area (Å²) in [6.45, 7) is 5.89. The number of likely N-dealkylation sites (tertiary alicyclic amines) is 1. The molecule has 20 heavy (non-hydrogen) atoms. The van der Waals surface area contributed by atoms with Gasteiger partial charge in [-0.3, -0.25) is 4.79 Å². The van der Waals surface area contributed by atoms with Crippen molar-refractivity contribution >= 4 is 5.91 Å². The molecule has 1 aromatic rings. The second-order valence-corrected chi connectivity index (χ2v) is 5.31. The van der Waals surface area contributed by atoms with Crippen LogP contribution < -0.4 is 0 Å². The molecule has 0 bridgehead atoms. The number of aliphatic hydroxyl groups excluding tert-OH is 1. The molecule has 1 N–H and O–H groups in total. The van der Waals surface area contributed by atoms with Crippen LogP contribution in [0.15, 0.2) is 10.5 Å². The minimum atomic E-state index is -0.0237. The van der Waals surface area contributed by atoms with Gasteiger partial charge in [0.15, 0.2) is 5.76 Å². The van der Waals surface area contributed by atoms with E-state index >= 15 is 0 Å². The first-order valence-electron chi connectivity index (χ1n) is 7.20. The van der Waals surface area contributed by atoms with Gasteiger partial charge in [-0.15, -0.1) is 0 Å². The molecular formula is C15H23NO4. The van der Waals surface area contributed by atoms with Crippen molar-refractivity contribution in [2.24, 2.45) is 0 Å². The highest BCUT2D eigenvalue weighted by Gasteiger charge is 2.26. The molecule has 0 aliphatic carbocycles. The van der Waals surface area contributed by atoms with E-state index < -0.39 is 0 Å². The summed E-state index contributed by atoms with van der Waals surface area (Å²) in [6, 6.07) is 1.89. The number of furan rings is 1. The van der Waals surface area contributed by atoms with Crippen molar-refractivity contribution in [1.29, 1.82) is 0 Å². The molecule has 0 aromatic carbocycles. The standard InChI is InChI=1S/C15H23NO4/c1-11-10-12(2)20-14(11)15(18)16-6-4-13(5-7-16)19-9-3-8-17/h10,13,17H,3-9H2,1-2H3. The molecule has 1 fully saturated rings. The fourth-order valence-corrected chi connectivity index (χ4v) is 2.54. The predicted molar refractivity (Wildman–Crippen MR) is 74.8 cm³/mol. The van der Waals surface area contributed by atoms with Crippen LogP contribution >= 0.6 is 0 Å². The van der Waals surface area contributed by atoms with Crippen molar-refractivity contribution in [3.63, 3.8) is 0 Å². The monoisotopic (exact) mass is 281 g/mol. The lowest BCUT2D eigenvalue weighted by molar-refractivity contribution is 0.00322. The third-order valence-corrected chi connectivity index (χ3v) is 3.62. The number of aliphatic hydroxyl groups is 1. The largest absolute Gasteiger partial charge is 0.456 e. The van der Waals surface area contributed by atoms with Gasteiger partial charge < -0.3 is 19.2 Å². The van der Waals surface area contributed by atoms with Crippen LogP contribution in [0.5, 0.6) is 0 Å². The summed E-state index contributed by atoms with van der Waals surface area (Å²) in [5, 5.41) is 8.72. The van der Waals surface area contributed by atoms with Gasteiger partial charge in [0.1, 0.15) is 5.76 Å². The van der Waals surface area contributed by atoms with Gasteiger partial charge in [-0.25, -0.2) is 0 Å². The summed E-state index contributed by atoms with van der Waals surface area (Å²) in [5.41, 5.74) is 0.897. The van der Waals surface area contributed by atoms with E-state index in [2.05, 4.69) is 0 Å². The van der Waals surface area contributed by atoms with Gasteiger partial charge in [-0.2, -0.15) is 0 Å². The lowest BCUT2D eigenvalue weighted by atomic mass is 10.1. The van der Waals surface area contributed by atoms with Gasteiger partial charge in [0.05, 0.1) is 6.10 Å². The van der Waals surface area contributed by atoms with E-state index in [4.69, 9.17) is 14.3 Å². The number of piperidine rings is 1. The van der Waals surface area contributed by atoms with Crippen molar-refractivity contribution in [3.05, 3.63) is 23.2 Å². The molecule has 0 atom stereocenters. The van der Waals surface area contributed by atoms with Crippen LogP contribution in [0.3, 0.4) is 0 Å². The maximum atomic E-state index is 12.4. The Labute approximate surface area is 119 Å². The van der Waals surface area contributed by atoms with E-state index in [0.717, 1.165) is 24.2 Å². The quantitative estimate of drug-likeness (QED) is 0.837. The zero-order valence-electron chi connectivity index (χ0n) is 12.2. The third-order valence-electron chi connectivity index (χ3n) is 3.62. The lowest BCUT2D eigenvalue weighted by Gasteiger charge is -2.31. The number of hydrogen-bond acceptors (Lipinski definition) is 4. The highest BCUT2D eigenvalue weighted by Crippen LogP contribution is 2.20. The number of hydrogen-bond donors (Lipinski definition) is 1. The molecule has 0 unspecified atom stereocenters. The molecule has 5 nitrogen and oxygen atoms in total. The summed E-state index contributed by atoms with van der Waals surface area (Å²) < 4.78 is 11.1. The second-order valence-electron chi connectivity index (χ2n) is 5.31. The van der Waals surface area contributed by atoms with Crippen LogP contribution in [0.2, 0.25) is 0 Å². The van der Waals surface area contributed by atoms with Gasteiger partial charge in [-0.1, -0.05) is 0 Å². The molecule has 1 aromatic heterocycles. The Morgan fingerprint density at radius 2 is 2.15 bits per heavy atom. The highest BCUT2D eigenvalue weighted by atomic mass is 16.5. The number of ether oxygens (including phenoxy) is 1. The van der Waals surface area contributed by atoms with Gasteiger partial charge in [-0.05, 0) is 39.2 Å². The average molecular weight is 281 g/mol. The second kappa shape index (κ2) is 6.90. The Hall–Kier alpha value is -1.33. The van der Waals surface area contributed by atoms with E-state index in [0.29, 0.717) is 31.9 Å². The molecule has 0 radical (unpaired) electrons. The van der Waals surface area contributed by atoms with Crippen LogP contribution in [0.1, 0.15) is 41.1 Å². The zero-order valence-corrected chi connectivity index (χ0v) is 12.2. The molecule has 1 aliphatic heterocycles. The number of nitrogens with zero attached hydrogens (tertiary/aromatic N) is 1. The summed E-state index contributed by atoms with van der Waals surface area (Å²) >= 11 is 0. The lowest BCUT2D eigenvalue weighted by Crippen LogP contribution is -2.41. The summed E-state index contributed by atoms with van der Waals surface area (Å²) in [5.74, 6) is 1.21. The van der Waals surface area contributed by atoms with Crippen LogP contribution in [-0.2, 0) is 4.74 Å². The first kappa shape index (κ1) is 15.1. The SMILES string of the molecule is Cc1cc(C)c(C(=O)N2CCC(OCCCO)CC2)o1. The van der Waals surface area contributed by atoms with Crippen LogP contribution in [-0.4, -0.2) is 48.3 Å². The molecule has 1 aliphatic rings. The Kier molecular flexibility index (Phi) is 5.20. The maximum Gasteiger partial charge on any atom is 0.289 e. The van der Waals surface area contributed by atoms with Gasteiger partial charge in [0.2, 0.25) is 0 Å². The smallest absolute Gasteiger partial charge is 0.289 e. The molecular weight excluding hydrogens is 258 g/mol. The zero-order chi connectivity index (χ0) is 14.5. The van der Waals surface area contributed by atoms with Crippen LogP contribution in [0.25, 0.3) is 0 Å². The summed E-state index contributed by atoms with van der Waals surface area (Å²) in [4.78, 5) is 14.2. The molecule has 2 heterocycles. The number of carbonyl (C=O) groups is 1. The van der Waals surface area contributed by atoms with E-state index in [9.17, 15) is 4.79 Å². The Morgan fingerprint density at radius 1 is 1.45 bits per heavy atom. The fourth-order valence-electron chi connectivity index (χ4n) is 2.54. The summed E-state index contributed by atoms with van der Waals surface area (Å²) in [6.07, 6.45) is 2.56. The molecule has 0 spiro atoms. The minimum Gasteiger partial charge on any atom is -0.456 e. The highest BCUT2D eigenvalue weighted by molar-refractivity contribution is 5.93. The number of amides is 1. The van der Waals surface area contributed by atoms with Crippen molar-refractivity contribution in [1.82, 2.24) is 4.90 Å². The topological polar surface area (TPSA) is 62.9 Å². The van der Waals surface area contributed by atoms with Gasteiger partial charge in [0, 0.05) is 31.9 Å². The number of rotatable bonds is 5. The van der Waals surface area contributed by atoms with Crippen LogP contribution in [0, 0.1) is 13.8 Å². The fraction of sp³-hybridized carbons (Fsp3) is 0.667. The Bertz CT molecular complexity index is 447. The van der Waals surface area contributed by atoms with Crippen LogP contribution in [0.4, 0.5) is 0 Å². The first-order valence-corrected chi connectivity index (χ1v) is 7.20. The average Bonchev–Trinajstić information content (AvgIpc) is 2.78.